The van der Waals surface area contributed by atoms with Gasteiger partial charge in [0.1, 0.15) is 11.5 Å². The van der Waals surface area contributed by atoms with Crippen LogP contribution in [0.4, 0.5) is 11.4 Å². The van der Waals surface area contributed by atoms with E-state index in [-0.39, 0.29) is 11.8 Å². The van der Waals surface area contributed by atoms with Gasteiger partial charge in [-0.05, 0) is 49.8 Å². The van der Waals surface area contributed by atoms with E-state index in [0.717, 1.165) is 5.56 Å². The largest absolute Gasteiger partial charge is 0.492 e. The monoisotopic (exact) mass is 464 g/mol. The Bertz CT molecular complexity index is 1130. The summed E-state index contributed by atoms with van der Waals surface area (Å²) in [5, 5.41) is 6.31. The summed E-state index contributed by atoms with van der Waals surface area (Å²) in [7, 11) is 0. The first kappa shape index (κ1) is 23.9. The van der Waals surface area contributed by atoms with Crippen molar-refractivity contribution in [3.8, 4) is 11.5 Å². The minimum atomic E-state index is -0.338. The van der Waals surface area contributed by atoms with E-state index < -0.39 is 0 Å². The average Bonchev–Trinajstić information content (AvgIpc) is 2.82. The second-order valence-electron chi connectivity index (χ2n) is 6.90. The van der Waals surface area contributed by atoms with Gasteiger partial charge in [-0.15, -0.1) is 0 Å². The second kappa shape index (κ2) is 11.7. The predicted molar refractivity (Wildman–Crippen MR) is 132 cm³/mol. The number of hydrogen-bond acceptors (Lipinski definition) is 4. The van der Waals surface area contributed by atoms with Crippen molar-refractivity contribution in [3.05, 3.63) is 89.0 Å². The molecular formula is C26H25ClN2O4. The van der Waals surface area contributed by atoms with Crippen LogP contribution in [0.15, 0.2) is 72.8 Å². The predicted octanol–water partition coefficient (Wildman–Crippen LogP) is 6.04. The third-order valence-electron chi connectivity index (χ3n) is 4.52. The summed E-state index contributed by atoms with van der Waals surface area (Å²) in [6.07, 6.45) is 3.11. The maximum absolute atomic E-state index is 12.6. The molecule has 170 valence electrons. The van der Waals surface area contributed by atoms with Crippen LogP contribution in [0.1, 0.15) is 29.8 Å². The molecule has 0 aliphatic rings. The standard InChI is InChI=1S/C26H25ClN2O4/c1-3-32-23-17-22(29-26(31)19-8-6-5-7-9-19)24(33-4-2)16-21(23)28-25(30)15-12-18-10-13-20(27)14-11-18/h5-17H,3-4H2,1-2H3,(H,28,30)(H,29,31)/b15-12+. The highest BCUT2D eigenvalue weighted by Crippen LogP contribution is 2.37. The topological polar surface area (TPSA) is 76.7 Å². The number of nitrogens with one attached hydrogen (secondary N) is 2. The highest BCUT2D eigenvalue weighted by atomic mass is 35.5. The summed E-state index contributed by atoms with van der Waals surface area (Å²) in [5.41, 5.74) is 2.24. The Balaban J connectivity index is 1.84. The molecule has 0 bridgehead atoms. The Kier molecular flexibility index (Phi) is 8.49. The van der Waals surface area contributed by atoms with Crippen LogP contribution in [0.5, 0.6) is 11.5 Å². The lowest BCUT2D eigenvalue weighted by Crippen LogP contribution is -2.14. The molecule has 33 heavy (non-hydrogen) atoms. The quantitative estimate of drug-likeness (QED) is 0.378. The van der Waals surface area contributed by atoms with Crippen molar-refractivity contribution in [3.63, 3.8) is 0 Å². The highest BCUT2D eigenvalue weighted by Gasteiger charge is 2.16. The summed E-state index contributed by atoms with van der Waals surface area (Å²) in [6, 6.07) is 19.3. The molecule has 0 aliphatic carbocycles. The number of hydrogen-bond donors (Lipinski definition) is 2. The van der Waals surface area contributed by atoms with Gasteiger partial charge in [0.05, 0.1) is 24.6 Å². The molecule has 0 unspecified atom stereocenters. The normalized spacial score (nSPS) is 10.6. The maximum Gasteiger partial charge on any atom is 0.255 e. The Hall–Kier alpha value is -3.77. The summed E-state index contributed by atoms with van der Waals surface area (Å²) in [5.74, 6) is 0.218. The number of benzene rings is 3. The zero-order valence-electron chi connectivity index (χ0n) is 18.4. The van der Waals surface area contributed by atoms with Gasteiger partial charge in [-0.3, -0.25) is 9.59 Å². The van der Waals surface area contributed by atoms with Crippen molar-refractivity contribution in [1.82, 2.24) is 0 Å². The van der Waals surface area contributed by atoms with Crippen LogP contribution in [0.2, 0.25) is 5.02 Å². The Labute approximate surface area is 198 Å². The third-order valence-corrected chi connectivity index (χ3v) is 4.77. The number of carbonyl (C=O) groups excluding carboxylic acids is 2. The molecule has 0 spiro atoms. The van der Waals surface area contributed by atoms with E-state index in [1.807, 2.05) is 32.0 Å². The molecule has 0 saturated heterocycles. The summed E-state index contributed by atoms with van der Waals surface area (Å²) in [4.78, 5) is 25.2. The van der Waals surface area contributed by atoms with Crippen LogP contribution >= 0.6 is 11.6 Å². The molecule has 0 fully saturated rings. The number of carbonyl (C=O) groups is 2. The van der Waals surface area contributed by atoms with Gasteiger partial charge in [-0.25, -0.2) is 0 Å². The van der Waals surface area contributed by atoms with Gasteiger partial charge in [0.25, 0.3) is 5.91 Å². The zero-order valence-corrected chi connectivity index (χ0v) is 19.2. The van der Waals surface area contributed by atoms with E-state index in [1.54, 1.807) is 54.6 Å². The molecular weight excluding hydrogens is 440 g/mol. The maximum atomic E-state index is 12.6. The van der Waals surface area contributed by atoms with Crippen molar-refractivity contribution in [2.75, 3.05) is 23.8 Å². The fraction of sp³-hybridized carbons (Fsp3) is 0.154. The summed E-state index contributed by atoms with van der Waals surface area (Å²) < 4.78 is 11.4. The SMILES string of the molecule is CCOc1cc(NC(=O)c2ccccc2)c(OCC)cc1NC(=O)/C=C/c1ccc(Cl)cc1. The van der Waals surface area contributed by atoms with E-state index in [9.17, 15) is 9.59 Å². The van der Waals surface area contributed by atoms with Crippen molar-refractivity contribution < 1.29 is 19.1 Å². The molecule has 3 aromatic carbocycles. The van der Waals surface area contributed by atoms with Gasteiger partial charge in [0, 0.05) is 28.8 Å². The molecule has 7 heteroatoms. The van der Waals surface area contributed by atoms with Crippen molar-refractivity contribution in [2.45, 2.75) is 13.8 Å². The minimum Gasteiger partial charge on any atom is -0.492 e. The Morgan fingerprint density at radius 3 is 2.00 bits per heavy atom. The number of ether oxygens (including phenoxy) is 2. The highest BCUT2D eigenvalue weighted by molar-refractivity contribution is 6.30. The average molecular weight is 465 g/mol. The van der Waals surface area contributed by atoms with E-state index in [4.69, 9.17) is 21.1 Å². The molecule has 3 rings (SSSR count). The summed E-state index contributed by atoms with van der Waals surface area (Å²) in [6.45, 7) is 4.44. The van der Waals surface area contributed by atoms with E-state index in [1.165, 1.54) is 6.08 Å². The fourth-order valence-electron chi connectivity index (χ4n) is 3.01. The van der Waals surface area contributed by atoms with Crippen molar-refractivity contribution in [1.29, 1.82) is 0 Å². The molecule has 0 aromatic heterocycles. The number of amides is 2. The molecule has 0 saturated carbocycles. The van der Waals surface area contributed by atoms with E-state index >= 15 is 0 Å². The fourth-order valence-corrected chi connectivity index (χ4v) is 3.14. The second-order valence-corrected chi connectivity index (χ2v) is 7.34. The molecule has 2 N–H and O–H groups in total. The molecule has 0 radical (unpaired) electrons. The van der Waals surface area contributed by atoms with Crippen LogP contribution in [-0.2, 0) is 4.79 Å². The molecule has 3 aromatic rings. The van der Waals surface area contributed by atoms with Crippen molar-refractivity contribution in [2.24, 2.45) is 0 Å². The molecule has 0 heterocycles. The van der Waals surface area contributed by atoms with Crippen LogP contribution in [0.25, 0.3) is 6.08 Å². The zero-order chi connectivity index (χ0) is 23.6. The van der Waals surface area contributed by atoms with Crippen LogP contribution in [0, 0.1) is 0 Å². The minimum absolute atomic E-state index is 0.276. The van der Waals surface area contributed by atoms with Gasteiger partial charge in [0.15, 0.2) is 0 Å². The van der Waals surface area contributed by atoms with E-state index in [2.05, 4.69) is 10.6 Å². The van der Waals surface area contributed by atoms with Gasteiger partial charge < -0.3 is 20.1 Å². The first-order valence-electron chi connectivity index (χ1n) is 10.5. The third kappa shape index (κ3) is 6.85. The van der Waals surface area contributed by atoms with E-state index in [0.29, 0.717) is 46.7 Å². The number of anilines is 2. The lowest BCUT2D eigenvalue weighted by molar-refractivity contribution is -0.111. The van der Waals surface area contributed by atoms with Gasteiger partial charge >= 0.3 is 0 Å². The molecule has 0 aliphatic heterocycles. The number of rotatable bonds is 9. The molecule has 2 amide bonds. The first-order chi connectivity index (χ1) is 16.0. The first-order valence-corrected chi connectivity index (χ1v) is 10.9. The van der Waals surface area contributed by atoms with Crippen LogP contribution in [-0.4, -0.2) is 25.0 Å². The van der Waals surface area contributed by atoms with Crippen LogP contribution < -0.4 is 20.1 Å². The number of halogens is 1. The van der Waals surface area contributed by atoms with Gasteiger partial charge in [0.2, 0.25) is 5.91 Å². The molecule has 0 atom stereocenters. The van der Waals surface area contributed by atoms with Crippen LogP contribution in [0.3, 0.4) is 0 Å². The van der Waals surface area contributed by atoms with Gasteiger partial charge in [-0.2, -0.15) is 0 Å². The smallest absolute Gasteiger partial charge is 0.255 e. The van der Waals surface area contributed by atoms with Crippen molar-refractivity contribution >= 4 is 40.9 Å². The Morgan fingerprint density at radius 1 is 0.848 bits per heavy atom. The molecule has 6 nitrogen and oxygen atoms in total. The summed E-state index contributed by atoms with van der Waals surface area (Å²) >= 11 is 5.89. The Morgan fingerprint density at radius 2 is 1.42 bits per heavy atom. The lowest BCUT2D eigenvalue weighted by atomic mass is 10.2. The van der Waals surface area contributed by atoms with Gasteiger partial charge in [-0.1, -0.05) is 41.9 Å². The lowest BCUT2D eigenvalue weighted by Gasteiger charge is -2.17.